The van der Waals surface area contributed by atoms with Crippen molar-refractivity contribution < 1.29 is 9.53 Å². The fourth-order valence-electron chi connectivity index (χ4n) is 1.44. The van der Waals surface area contributed by atoms with Gasteiger partial charge in [-0.3, -0.25) is 4.79 Å². The molecule has 1 amide bonds. The van der Waals surface area contributed by atoms with Gasteiger partial charge in [-0.05, 0) is 18.6 Å². The lowest BCUT2D eigenvalue weighted by molar-refractivity contribution is -0.120. The molecule has 0 atom stereocenters. The van der Waals surface area contributed by atoms with Gasteiger partial charge in [0, 0.05) is 12.2 Å². The molecule has 4 nitrogen and oxygen atoms in total. The van der Waals surface area contributed by atoms with E-state index in [9.17, 15) is 4.79 Å². The number of ether oxygens (including phenoxy) is 1. The molecular weight excluding hydrogens is 228 g/mol. The zero-order valence-electron chi connectivity index (χ0n) is 10.7. The molecule has 98 valence electrons. The van der Waals surface area contributed by atoms with Crippen LogP contribution >= 0.6 is 0 Å². The van der Waals surface area contributed by atoms with Gasteiger partial charge in [-0.25, -0.2) is 0 Å². The first-order valence-corrected chi connectivity index (χ1v) is 5.92. The van der Waals surface area contributed by atoms with Crippen LogP contribution in [0.2, 0.25) is 0 Å². The highest BCUT2D eigenvalue weighted by molar-refractivity contribution is 5.80. The number of amides is 1. The number of para-hydroxylation sites is 1. The van der Waals surface area contributed by atoms with Crippen molar-refractivity contribution in [3.63, 3.8) is 0 Å². The van der Waals surface area contributed by atoms with Crippen LogP contribution in [0.4, 0.5) is 5.69 Å². The van der Waals surface area contributed by atoms with Crippen LogP contribution in [0.1, 0.15) is 12.5 Å². The zero-order chi connectivity index (χ0) is 13.4. The normalized spacial score (nSPS) is 10.1. The molecule has 0 aliphatic rings. The van der Waals surface area contributed by atoms with Crippen LogP contribution in [0.3, 0.4) is 0 Å². The number of hydrogen-bond acceptors (Lipinski definition) is 3. The van der Waals surface area contributed by atoms with Crippen molar-refractivity contribution >= 4 is 11.6 Å². The Morgan fingerprint density at radius 1 is 1.44 bits per heavy atom. The van der Waals surface area contributed by atoms with Crippen LogP contribution in [0.5, 0.6) is 0 Å². The van der Waals surface area contributed by atoms with E-state index in [0.717, 1.165) is 11.1 Å². The van der Waals surface area contributed by atoms with E-state index in [-0.39, 0.29) is 5.91 Å². The first-order chi connectivity index (χ1) is 8.59. The molecule has 0 unspecified atom stereocenters. The second-order valence-electron chi connectivity index (χ2n) is 4.24. The Balaban J connectivity index is 2.22. The van der Waals surface area contributed by atoms with Crippen LogP contribution in [0, 0.1) is 0 Å². The number of carbonyl (C=O) groups excluding carboxylic acids is 1. The van der Waals surface area contributed by atoms with Crippen molar-refractivity contribution in [3.05, 3.63) is 42.0 Å². The Morgan fingerprint density at radius 2 is 2.17 bits per heavy atom. The summed E-state index contributed by atoms with van der Waals surface area (Å²) < 4.78 is 5.28. The van der Waals surface area contributed by atoms with Gasteiger partial charge >= 0.3 is 0 Å². The Labute approximate surface area is 108 Å². The third kappa shape index (κ3) is 5.50. The molecule has 4 heteroatoms. The van der Waals surface area contributed by atoms with E-state index in [2.05, 4.69) is 11.9 Å². The van der Waals surface area contributed by atoms with Gasteiger partial charge in [-0.1, -0.05) is 30.4 Å². The highest BCUT2D eigenvalue weighted by atomic mass is 16.5. The summed E-state index contributed by atoms with van der Waals surface area (Å²) >= 11 is 0. The molecule has 1 aromatic rings. The topological polar surface area (TPSA) is 64.3 Å². The number of hydrogen-bond donors (Lipinski definition) is 2. The molecule has 0 radical (unpaired) electrons. The van der Waals surface area contributed by atoms with Gasteiger partial charge in [-0.2, -0.15) is 0 Å². The van der Waals surface area contributed by atoms with E-state index < -0.39 is 0 Å². The minimum Gasteiger partial charge on any atom is -0.398 e. The molecule has 1 rings (SSSR count). The summed E-state index contributed by atoms with van der Waals surface area (Å²) in [6, 6.07) is 7.36. The summed E-state index contributed by atoms with van der Waals surface area (Å²) in [5.74, 6) is -0.0492. The number of nitrogens with two attached hydrogens (primary N) is 1. The number of carbonyl (C=O) groups is 1. The van der Waals surface area contributed by atoms with E-state index in [1.54, 1.807) is 6.07 Å². The molecule has 0 spiro atoms. The third-order valence-corrected chi connectivity index (χ3v) is 2.32. The Morgan fingerprint density at radius 3 is 2.83 bits per heavy atom. The Bertz CT molecular complexity index is 416. The van der Waals surface area contributed by atoms with Crippen molar-refractivity contribution in [2.24, 2.45) is 0 Å². The van der Waals surface area contributed by atoms with Gasteiger partial charge in [0.15, 0.2) is 0 Å². The highest BCUT2D eigenvalue weighted by Gasteiger charge is 2.04. The smallest absolute Gasteiger partial charge is 0.224 e. The van der Waals surface area contributed by atoms with Crippen LogP contribution < -0.4 is 11.1 Å². The minimum absolute atomic E-state index is 0.0492. The predicted octanol–water partition coefficient (Wildman–Crippen LogP) is 1.52. The molecule has 0 saturated carbocycles. The summed E-state index contributed by atoms with van der Waals surface area (Å²) in [5.41, 5.74) is 8.22. The van der Waals surface area contributed by atoms with Gasteiger partial charge in [0.2, 0.25) is 5.91 Å². The Hall–Kier alpha value is -1.81. The number of nitrogens with one attached hydrogen (secondary N) is 1. The van der Waals surface area contributed by atoms with Crippen molar-refractivity contribution in [3.8, 4) is 0 Å². The average Bonchev–Trinajstić information content (AvgIpc) is 2.31. The third-order valence-electron chi connectivity index (χ3n) is 2.32. The average molecular weight is 248 g/mol. The first kappa shape index (κ1) is 14.3. The number of rotatable bonds is 7. The summed E-state index contributed by atoms with van der Waals surface area (Å²) in [7, 11) is 0. The number of anilines is 1. The maximum Gasteiger partial charge on any atom is 0.224 e. The van der Waals surface area contributed by atoms with Crippen LogP contribution in [0.15, 0.2) is 36.4 Å². The highest BCUT2D eigenvalue weighted by Crippen LogP contribution is 2.10. The summed E-state index contributed by atoms with van der Waals surface area (Å²) in [5, 5.41) is 2.78. The molecule has 3 N–H and O–H groups in total. The molecule has 0 aliphatic carbocycles. The SMILES string of the molecule is C=C(C)COCCNC(=O)Cc1ccccc1N. The summed E-state index contributed by atoms with van der Waals surface area (Å²) in [6.45, 7) is 7.14. The lowest BCUT2D eigenvalue weighted by atomic mass is 10.1. The quantitative estimate of drug-likeness (QED) is 0.437. The minimum atomic E-state index is -0.0492. The van der Waals surface area contributed by atoms with E-state index in [4.69, 9.17) is 10.5 Å². The van der Waals surface area contributed by atoms with E-state index in [0.29, 0.717) is 31.9 Å². The Kier molecular flexibility index (Phi) is 5.94. The predicted molar refractivity (Wildman–Crippen MR) is 73.2 cm³/mol. The van der Waals surface area contributed by atoms with Gasteiger partial charge < -0.3 is 15.8 Å². The van der Waals surface area contributed by atoms with Crippen molar-refractivity contribution in [1.82, 2.24) is 5.32 Å². The largest absolute Gasteiger partial charge is 0.398 e. The maximum atomic E-state index is 11.6. The molecule has 1 aromatic carbocycles. The van der Waals surface area contributed by atoms with Crippen molar-refractivity contribution in [2.75, 3.05) is 25.5 Å². The van der Waals surface area contributed by atoms with Crippen LogP contribution in [-0.2, 0) is 16.0 Å². The lowest BCUT2D eigenvalue weighted by Gasteiger charge is -2.07. The van der Waals surface area contributed by atoms with Gasteiger partial charge in [0.1, 0.15) is 0 Å². The first-order valence-electron chi connectivity index (χ1n) is 5.92. The number of benzene rings is 1. The standard InChI is InChI=1S/C14H20N2O2/c1-11(2)10-18-8-7-16-14(17)9-12-5-3-4-6-13(12)15/h3-6H,1,7-10,15H2,2H3,(H,16,17). The van der Waals surface area contributed by atoms with Gasteiger partial charge in [0.05, 0.1) is 19.6 Å². The van der Waals surface area contributed by atoms with Gasteiger partial charge in [-0.15, -0.1) is 0 Å². The maximum absolute atomic E-state index is 11.6. The molecule has 0 saturated heterocycles. The summed E-state index contributed by atoms with van der Waals surface area (Å²) in [4.78, 5) is 11.6. The molecule has 0 bridgehead atoms. The lowest BCUT2D eigenvalue weighted by Crippen LogP contribution is -2.29. The second-order valence-corrected chi connectivity index (χ2v) is 4.24. The zero-order valence-corrected chi connectivity index (χ0v) is 10.7. The van der Waals surface area contributed by atoms with Crippen LogP contribution in [-0.4, -0.2) is 25.7 Å². The van der Waals surface area contributed by atoms with Crippen molar-refractivity contribution in [1.29, 1.82) is 0 Å². The second kappa shape index (κ2) is 7.50. The van der Waals surface area contributed by atoms with Crippen molar-refractivity contribution in [2.45, 2.75) is 13.3 Å². The summed E-state index contributed by atoms with van der Waals surface area (Å²) in [6.07, 6.45) is 0.299. The monoisotopic (exact) mass is 248 g/mol. The fourth-order valence-corrected chi connectivity index (χ4v) is 1.44. The van der Waals surface area contributed by atoms with E-state index in [1.807, 2.05) is 25.1 Å². The molecule has 0 aliphatic heterocycles. The van der Waals surface area contributed by atoms with Crippen LogP contribution in [0.25, 0.3) is 0 Å². The molecule has 0 heterocycles. The fraction of sp³-hybridized carbons (Fsp3) is 0.357. The molecule has 0 aromatic heterocycles. The molecule has 18 heavy (non-hydrogen) atoms. The van der Waals surface area contributed by atoms with Gasteiger partial charge in [0.25, 0.3) is 0 Å². The number of nitrogen functional groups attached to an aromatic ring is 1. The molecule has 0 fully saturated rings. The molecular formula is C14H20N2O2. The van der Waals surface area contributed by atoms with E-state index >= 15 is 0 Å². The van der Waals surface area contributed by atoms with E-state index in [1.165, 1.54) is 0 Å².